The number of likely N-dealkylation sites (tertiary alicyclic amines) is 1. The molecule has 1 saturated heterocycles. The van der Waals surface area contributed by atoms with Gasteiger partial charge in [0.15, 0.2) is 11.5 Å². The lowest BCUT2D eigenvalue weighted by molar-refractivity contribution is -0.144. The second-order valence-electron chi connectivity index (χ2n) is 12.7. The molecule has 41 heavy (non-hydrogen) atoms. The van der Waals surface area contributed by atoms with E-state index in [9.17, 15) is 14.7 Å². The Bertz CT molecular complexity index is 1080. The van der Waals surface area contributed by atoms with E-state index in [1.54, 1.807) is 7.11 Å². The van der Waals surface area contributed by atoms with Gasteiger partial charge in [0.25, 0.3) is 0 Å². The number of methoxy groups -OCH3 is 1. The molecule has 0 radical (unpaired) electrons. The van der Waals surface area contributed by atoms with Crippen LogP contribution in [0.3, 0.4) is 0 Å². The molecule has 2 aliphatic heterocycles. The van der Waals surface area contributed by atoms with Gasteiger partial charge in [-0.25, -0.2) is 0 Å². The Kier molecular flexibility index (Phi) is 11.5. The van der Waals surface area contributed by atoms with Crippen LogP contribution in [0.1, 0.15) is 71.8 Å². The lowest BCUT2D eigenvalue weighted by Crippen LogP contribution is -2.46. The van der Waals surface area contributed by atoms with Crippen LogP contribution in [0.25, 0.3) is 0 Å². The molecule has 1 aromatic rings. The SMILES string of the molecule is CCCCN(CCCN(C)C)C(=O)CN1C[C@H](c2cc(OC)c3c(c2)OCO3)[C@@H](C(=O)O)[C@@H]1CC(C)(C)C=C(C)C. The first kappa shape index (κ1) is 32.7. The lowest BCUT2D eigenvalue weighted by Gasteiger charge is -2.34. The highest BCUT2D eigenvalue weighted by atomic mass is 16.7. The molecule has 3 rings (SSSR count). The van der Waals surface area contributed by atoms with Crippen LogP contribution < -0.4 is 14.2 Å². The third-order valence-electron chi connectivity index (χ3n) is 8.06. The summed E-state index contributed by atoms with van der Waals surface area (Å²) in [4.78, 5) is 33.0. The fourth-order valence-corrected chi connectivity index (χ4v) is 6.39. The zero-order valence-corrected chi connectivity index (χ0v) is 26.4. The van der Waals surface area contributed by atoms with E-state index in [1.807, 2.05) is 31.1 Å². The number of carboxylic acids is 1. The van der Waals surface area contributed by atoms with E-state index in [0.717, 1.165) is 37.9 Å². The predicted molar refractivity (Wildman–Crippen MR) is 161 cm³/mol. The van der Waals surface area contributed by atoms with E-state index in [1.165, 1.54) is 5.57 Å². The Hall–Kier alpha value is -2.78. The molecular weight excluding hydrogens is 522 g/mol. The van der Waals surface area contributed by atoms with Gasteiger partial charge in [0.1, 0.15) is 0 Å². The van der Waals surface area contributed by atoms with Gasteiger partial charge in [-0.15, -0.1) is 0 Å². The maximum absolute atomic E-state index is 13.8. The fraction of sp³-hybridized carbons (Fsp3) is 0.688. The van der Waals surface area contributed by atoms with Crippen molar-refractivity contribution in [2.24, 2.45) is 11.3 Å². The molecule has 0 saturated carbocycles. The molecule has 0 aromatic heterocycles. The molecule has 9 nitrogen and oxygen atoms in total. The number of carboxylic acid groups (broad SMARTS) is 1. The number of allylic oxidation sites excluding steroid dienone is 2. The van der Waals surface area contributed by atoms with Crippen molar-refractivity contribution in [3.63, 3.8) is 0 Å². The zero-order chi connectivity index (χ0) is 30.3. The van der Waals surface area contributed by atoms with Crippen LogP contribution in [0.15, 0.2) is 23.8 Å². The molecule has 3 atom stereocenters. The molecule has 2 aliphatic rings. The summed E-state index contributed by atoms with van der Waals surface area (Å²) >= 11 is 0. The van der Waals surface area contributed by atoms with Crippen molar-refractivity contribution in [2.75, 3.05) is 60.7 Å². The van der Waals surface area contributed by atoms with Gasteiger partial charge >= 0.3 is 5.97 Å². The van der Waals surface area contributed by atoms with Crippen LogP contribution >= 0.6 is 0 Å². The van der Waals surface area contributed by atoms with E-state index in [0.29, 0.717) is 36.8 Å². The number of hydrogen-bond donors (Lipinski definition) is 1. The molecule has 0 unspecified atom stereocenters. The molecule has 1 amide bonds. The highest BCUT2D eigenvalue weighted by Crippen LogP contribution is 2.48. The van der Waals surface area contributed by atoms with Crippen LogP contribution in [0.2, 0.25) is 0 Å². The van der Waals surface area contributed by atoms with Gasteiger partial charge in [0.2, 0.25) is 18.4 Å². The van der Waals surface area contributed by atoms with Crippen molar-refractivity contribution < 1.29 is 28.9 Å². The number of rotatable bonds is 15. The van der Waals surface area contributed by atoms with Crippen LogP contribution in [-0.4, -0.2) is 98.4 Å². The first-order valence-corrected chi connectivity index (χ1v) is 14.9. The maximum Gasteiger partial charge on any atom is 0.308 e. The zero-order valence-electron chi connectivity index (χ0n) is 26.4. The minimum Gasteiger partial charge on any atom is -0.493 e. The first-order valence-electron chi connectivity index (χ1n) is 14.9. The van der Waals surface area contributed by atoms with E-state index >= 15 is 0 Å². The van der Waals surface area contributed by atoms with Crippen LogP contribution in [0, 0.1) is 11.3 Å². The van der Waals surface area contributed by atoms with Crippen LogP contribution in [0.4, 0.5) is 0 Å². The average molecular weight is 574 g/mol. The summed E-state index contributed by atoms with van der Waals surface area (Å²) in [5.74, 6) is -0.195. The molecule has 2 heterocycles. The molecule has 1 N–H and O–H groups in total. The van der Waals surface area contributed by atoms with Crippen LogP contribution in [0.5, 0.6) is 17.2 Å². The maximum atomic E-state index is 13.8. The van der Waals surface area contributed by atoms with Crippen molar-refractivity contribution >= 4 is 11.9 Å². The van der Waals surface area contributed by atoms with Crippen molar-refractivity contribution in [1.82, 2.24) is 14.7 Å². The molecule has 1 fully saturated rings. The van der Waals surface area contributed by atoms with Gasteiger partial charge in [-0.3, -0.25) is 14.5 Å². The Labute approximate surface area is 246 Å². The normalized spacial score (nSPS) is 20.4. The summed E-state index contributed by atoms with van der Waals surface area (Å²) in [5, 5.41) is 10.6. The number of amides is 1. The van der Waals surface area contributed by atoms with Crippen molar-refractivity contribution in [3.05, 3.63) is 29.3 Å². The number of nitrogens with zero attached hydrogens (tertiary/aromatic N) is 3. The number of hydrogen-bond acceptors (Lipinski definition) is 7. The van der Waals surface area contributed by atoms with Gasteiger partial charge < -0.3 is 29.1 Å². The second-order valence-corrected chi connectivity index (χ2v) is 12.7. The Morgan fingerprint density at radius 1 is 1.15 bits per heavy atom. The number of carbonyl (C=O) groups is 2. The summed E-state index contributed by atoms with van der Waals surface area (Å²) in [6.07, 6.45) is 5.68. The van der Waals surface area contributed by atoms with Gasteiger partial charge in [-0.2, -0.15) is 0 Å². The molecule has 0 bridgehead atoms. The number of fused-ring (bicyclic) bond motifs is 1. The highest BCUT2D eigenvalue weighted by Gasteiger charge is 2.49. The summed E-state index contributed by atoms with van der Waals surface area (Å²) in [5.41, 5.74) is 1.77. The van der Waals surface area contributed by atoms with E-state index in [-0.39, 0.29) is 36.6 Å². The molecular formula is C32H51N3O6. The third-order valence-corrected chi connectivity index (χ3v) is 8.06. The lowest BCUT2D eigenvalue weighted by atomic mass is 9.77. The monoisotopic (exact) mass is 573 g/mol. The number of ether oxygens (including phenoxy) is 3. The van der Waals surface area contributed by atoms with Gasteiger partial charge in [0, 0.05) is 31.6 Å². The summed E-state index contributed by atoms with van der Waals surface area (Å²) in [6, 6.07) is 3.43. The minimum absolute atomic E-state index is 0.0651. The van der Waals surface area contributed by atoms with E-state index in [4.69, 9.17) is 14.2 Å². The summed E-state index contributed by atoms with van der Waals surface area (Å²) < 4.78 is 16.8. The second kappa shape index (κ2) is 14.4. The summed E-state index contributed by atoms with van der Waals surface area (Å²) in [7, 11) is 5.65. The van der Waals surface area contributed by atoms with Crippen molar-refractivity contribution in [2.45, 2.75) is 72.3 Å². The fourth-order valence-electron chi connectivity index (χ4n) is 6.39. The predicted octanol–water partition coefficient (Wildman–Crippen LogP) is 4.86. The molecule has 9 heteroatoms. The summed E-state index contributed by atoms with van der Waals surface area (Å²) in [6.45, 7) is 13.6. The number of benzene rings is 1. The average Bonchev–Trinajstić information content (AvgIpc) is 3.49. The molecule has 230 valence electrons. The molecule has 0 spiro atoms. The van der Waals surface area contributed by atoms with E-state index in [2.05, 4.69) is 50.5 Å². The largest absolute Gasteiger partial charge is 0.493 e. The van der Waals surface area contributed by atoms with Gasteiger partial charge in [0.05, 0.1) is 19.6 Å². The highest BCUT2D eigenvalue weighted by molar-refractivity contribution is 5.79. The van der Waals surface area contributed by atoms with Crippen molar-refractivity contribution in [3.8, 4) is 17.2 Å². The first-order chi connectivity index (χ1) is 19.4. The van der Waals surface area contributed by atoms with E-state index < -0.39 is 11.9 Å². The standard InChI is InChI=1S/C32H51N3O6/c1-9-10-13-34(14-11-12-33(6)7)28(36)20-35-19-24(23-15-26(39-8)30-27(16-23)40-21-41-30)29(31(37)38)25(35)18-32(4,5)17-22(2)3/h15-17,24-25,29H,9-14,18-21H2,1-8H3,(H,37,38)/t24-,25+,29-/m1/s1. The topological polar surface area (TPSA) is 91.8 Å². The third kappa shape index (κ3) is 8.61. The van der Waals surface area contributed by atoms with Crippen molar-refractivity contribution in [1.29, 1.82) is 0 Å². The number of unbranched alkanes of at least 4 members (excludes halogenated alkanes) is 1. The molecule has 1 aromatic carbocycles. The number of carbonyl (C=O) groups excluding carboxylic acids is 1. The Balaban J connectivity index is 1.97. The number of aliphatic carboxylic acids is 1. The van der Waals surface area contributed by atoms with Crippen LogP contribution in [-0.2, 0) is 9.59 Å². The van der Waals surface area contributed by atoms with Gasteiger partial charge in [-0.05, 0) is 76.9 Å². The Morgan fingerprint density at radius 2 is 1.85 bits per heavy atom. The molecule has 0 aliphatic carbocycles. The minimum atomic E-state index is -0.853. The Morgan fingerprint density at radius 3 is 2.46 bits per heavy atom. The van der Waals surface area contributed by atoms with Gasteiger partial charge in [-0.1, -0.05) is 38.8 Å². The quantitative estimate of drug-likeness (QED) is 0.298. The smallest absolute Gasteiger partial charge is 0.308 e.